The fraction of sp³-hybridized carbons (Fsp3) is 0.308. The Kier molecular flexibility index (Phi) is 7.15. The van der Waals surface area contributed by atoms with Crippen molar-refractivity contribution in [1.29, 1.82) is 5.26 Å². The summed E-state index contributed by atoms with van der Waals surface area (Å²) < 4.78 is 11.6. The quantitative estimate of drug-likeness (QED) is 0.404. The van der Waals surface area contributed by atoms with Crippen molar-refractivity contribution < 1.29 is 14.3 Å². The summed E-state index contributed by atoms with van der Waals surface area (Å²) in [5, 5.41) is 11.0. The van der Waals surface area contributed by atoms with Crippen molar-refractivity contribution >= 4 is 29.3 Å². The highest BCUT2D eigenvalue weighted by molar-refractivity contribution is 6.31. The van der Waals surface area contributed by atoms with Gasteiger partial charge in [-0.3, -0.25) is 0 Å². The molecular weight excluding hydrogens is 487 g/mol. The third-order valence-electron chi connectivity index (χ3n) is 5.28. The maximum absolute atomic E-state index is 12.4. The van der Waals surface area contributed by atoms with E-state index >= 15 is 0 Å². The van der Waals surface area contributed by atoms with E-state index in [-0.39, 0.29) is 17.7 Å². The molecule has 1 atom stereocenters. The van der Waals surface area contributed by atoms with Crippen LogP contribution in [0.3, 0.4) is 0 Å². The van der Waals surface area contributed by atoms with E-state index in [1.807, 2.05) is 45.0 Å². The molecule has 7 nitrogen and oxygen atoms in total. The number of halogens is 2. The van der Waals surface area contributed by atoms with Crippen molar-refractivity contribution in [3.63, 3.8) is 0 Å². The molecule has 4 rings (SSSR count). The zero-order valence-corrected chi connectivity index (χ0v) is 21.1. The van der Waals surface area contributed by atoms with Crippen LogP contribution in [-0.2, 0) is 4.74 Å². The molecule has 0 spiro atoms. The summed E-state index contributed by atoms with van der Waals surface area (Å²) in [6.45, 7) is 6.29. The average molecular weight is 511 g/mol. The lowest BCUT2D eigenvalue weighted by atomic mass is 10.0. The fourth-order valence-corrected chi connectivity index (χ4v) is 3.92. The standard InChI is InChI=1S/C26H24Cl2N4O3/c1-26(2,3)35-25(33)32-13-12-20(15-32)34-24-21(14-29)30-22(16-4-8-18(27)9-5-16)23(31-24)17-6-10-19(28)11-7-17/h4-11,20H,12-13,15H2,1-3H3/t20-/m0/s1. The van der Waals surface area contributed by atoms with E-state index in [2.05, 4.69) is 11.1 Å². The highest BCUT2D eigenvalue weighted by Crippen LogP contribution is 2.34. The number of hydrogen-bond acceptors (Lipinski definition) is 6. The molecule has 1 saturated heterocycles. The highest BCUT2D eigenvalue weighted by Gasteiger charge is 2.32. The molecular formula is C26H24Cl2N4O3. The molecule has 2 heterocycles. The van der Waals surface area contributed by atoms with Crippen LogP contribution < -0.4 is 4.74 Å². The number of rotatable bonds is 4. The lowest BCUT2D eigenvalue weighted by molar-refractivity contribution is 0.0275. The van der Waals surface area contributed by atoms with Crippen LogP contribution in [-0.4, -0.2) is 45.8 Å². The number of amides is 1. The molecule has 1 aromatic heterocycles. The normalized spacial score (nSPS) is 15.5. The van der Waals surface area contributed by atoms with Gasteiger partial charge in [-0.15, -0.1) is 0 Å². The molecule has 3 aromatic rings. The summed E-state index contributed by atoms with van der Waals surface area (Å²) >= 11 is 12.1. The number of aromatic nitrogens is 2. The number of carbonyl (C=O) groups excluding carboxylic acids is 1. The third-order valence-corrected chi connectivity index (χ3v) is 5.78. The Hall–Kier alpha value is -3.34. The predicted molar refractivity (Wildman–Crippen MR) is 134 cm³/mol. The topological polar surface area (TPSA) is 88.3 Å². The minimum Gasteiger partial charge on any atom is -0.470 e. The van der Waals surface area contributed by atoms with Crippen LogP contribution in [0.15, 0.2) is 48.5 Å². The molecule has 0 N–H and O–H groups in total. The van der Waals surface area contributed by atoms with Gasteiger partial charge in [0.15, 0.2) is 0 Å². The Labute approximate surface area is 214 Å². The molecule has 35 heavy (non-hydrogen) atoms. The molecule has 1 aliphatic rings. The predicted octanol–water partition coefficient (Wildman–Crippen LogP) is 6.38. The van der Waals surface area contributed by atoms with Gasteiger partial charge in [0, 0.05) is 34.1 Å². The van der Waals surface area contributed by atoms with Crippen LogP contribution in [0.2, 0.25) is 10.0 Å². The number of carbonyl (C=O) groups is 1. The second-order valence-electron chi connectivity index (χ2n) is 9.16. The summed E-state index contributed by atoms with van der Waals surface area (Å²) in [5.41, 5.74) is 2.06. The molecule has 180 valence electrons. The largest absolute Gasteiger partial charge is 0.470 e. The van der Waals surface area contributed by atoms with Crippen molar-refractivity contribution in [1.82, 2.24) is 14.9 Å². The van der Waals surface area contributed by atoms with Gasteiger partial charge in [-0.2, -0.15) is 5.26 Å². The van der Waals surface area contributed by atoms with Gasteiger partial charge in [-0.25, -0.2) is 14.8 Å². The maximum atomic E-state index is 12.4. The van der Waals surface area contributed by atoms with E-state index in [9.17, 15) is 10.1 Å². The summed E-state index contributed by atoms with van der Waals surface area (Å²) in [5.74, 6) is 0.117. The summed E-state index contributed by atoms with van der Waals surface area (Å²) in [6, 6.07) is 16.4. The van der Waals surface area contributed by atoms with Crippen molar-refractivity contribution in [2.75, 3.05) is 13.1 Å². The number of ether oxygens (including phenoxy) is 2. The van der Waals surface area contributed by atoms with Crippen molar-refractivity contribution in [2.24, 2.45) is 0 Å². The van der Waals surface area contributed by atoms with Gasteiger partial charge in [-0.05, 0) is 45.0 Å². The Morgan fingerprint density at radius 1 is 1.00 bits per heavy atom. The van der Waals surface area contributed by atoms with Gasteiger partial charge in [0.2, 0.25) is 5.69 Å². The first kappa shape index (κ1) is 24.8. The first-order valence-electron chi connectivity index (χ1n) is 11.1. The number of nitriles is 1. The molecule has 1 aliphatic heterocycles. The van der Waals surface area contributed by atoms with E-state index in [0.29, 0.717) is 40.9 Å². The number of likely N-dealkylation sites (tertiary alicyclic amines) is 1. The molecule has 9 heteroatoms. The van der Waals surface area contributed by atoms with Crippen LogP contribution in [0.4, 0.5) is 4.79 Å². The van der Waals surface area contributed by atoms with Crippen LogP contribution >= 0.6 is 23.2 Å². The van der Waals surface area contributed by atoms with Crippen LogP contribution in [0, 0.1) is 11.3 Å². The second kappa shape index (κ2) is 10.1. The number of hydrogen-bond donors (Lipinski definition) is 0. The van der Waals surface area contributed by atoms with Gasteiger partial charge in [0.25, 0.3) is 5.88 Å². The minimum absolute atomic E-state index is 0.0587. The highest BCUT2D eigenvalue weighted by atomic mass is 35.5. The lowest BCUT2D eigenvalue weighted by Gasteiger charge is -2.24. The molecule has 0 bridgehead atoms. The number of nitrogens with zero attached hydrogens (tertiary/aromatic N) is 4. The van der Waals surface area contributed by atoms with E-state index in [1.54, 1.807) is 29.2 Å². The Bertz CT molecular complexity index is 1270. The van der Waals surface area contributed by atoms with Crippen LogP contribution in [0.5, 0.6) is 5.88 Å². The first-order valence-corrected chi connectivity index (χ1v) is 11.9. The van der Waals surface area contributed by atoms with Gasteiger partial charge in [0.05, 0.1) is 12.2 Å². The third kappa shape index (κ3) is 6.02. The van der Waals surface area contributed by atoms with Crippen molar-refractivity contribution in [3.8, 4) is 34.5 Å². The second-order valence-corrected chi connectivity index (χ2v) is 10.0. The van der Waals surface area contributed by atoms with E-state index in [1.165, 1.54) is 0 Å². The molecule has 1 fully saturated rings. The molecule has 0 saturated carbocycles. The first-order chi connectivity index (χ1) is 16.6. The Morgan fingerprint density at radius 2 is 1.54 bits per heavy atom. The molecule has 0 unspecified atom stereocenters. The Morgan fingerprint density at radius 3 is 2.06 bits per heavy atom. The van der Waals surface area contributed by atoms with Gasteiger partial charge >= 0.3 is 6.09 Å². The van der Waals surface area contributed by atoms with E-state index < -0.39 is 11.7 Å². The van der Waals surface area contributed by atoms with Crippen molar-refractivity contribution in [3.05, 3.63) is 64.3 Å². The summed E-state index contributed by atoms with van der Waals surface area (Å²) in [4.78, 5) is 23.3. The monoisotopic (exact) mass is 510 g/mol. The SMILES string of the molecule is CC(C)(C)OC(=O)N1CC[C@H](Oc2nc(-c3ccc(Cl)cc3)c(-c3ccc(Cl)cc3)nc2C#N)C1. The maximum Gasteiger partial charge on any atom is 0.410 e. The molecule has 1 amide bonds. The van der Waals surface area contributed by atoms with E-state index in [4.69, 9.17) is 37.7 Å². The van der Waals surface area contributed by atoms with Gasteiger partial charge < -0.3 is 14.4 Å². The zero-order valence-electron chi connectivity index (χ0n) is 19.6. The van der Waals surface area contributed by atoms with Gasteiger partial charge in [0.1, 0.15) is 23.5 Å². The van der Waals surface area contributed by atoms with Gasteiger partial charge in [-0.1, -0.05) is 47.5 Å². The Balaban J connectivity index is 1.67. The average Bonchev–Trinajstić information content (AvgIpc) is 3.28. The van der Waals surface area contributed by atoms with Crippen molar-refractivity contribution in [2.45, 2.75) is 38.9 Å². The molecule has 0 radical (unpaired) electrons. The lowest BCUT2D eigenvalue weighted by Crippen LogP contribution is -2.36. The number of benzene rings is 2. The minimum atomic E-state index is -0.583. The fourth-order valence-electron chi connectivity index (χ4n) is 3.67. The molecule has 2 aromatic carbocycles. The smallest absolute Gasteiger partial charge is 0.410 e. The van der Waals surface area contributed by atoms with Crippen LogP contribution in [0.1, 0.15) is 32.9 Å². The molecule has 0 aliphatic carbocycles. The summed E-state index contributed by atoms with van der Waals surface area (Å²) in [7, 11) is 0. The van der Waals surface area contributed by atoms with Crippen LogP contribution in [0.25, 0.3) is 22.5 Å². The zero-order chi connectivity index (χ0) is 25.2. The summed E-state index contributed by atoms with van der Waals surface area (Å²) in [6.07, 6.45) is -0.153. The van der Waals surface area contributed by atoms with E-state index in [0.717, 1.165) is 11.1 Å².